The number of nitrogens with one attached hydrogen (secondary N) is 1. The first-order valence-electron chi connectivity index (χ1n) is 9.89. The Labute approximate surface area is 182 Å². The van der Waals surface area contributed by atoms with E-state index in [1.165, 1.54) is 12.3 Å². The van der Waals surface area contributed by atoms with Crippen LogP contribution < -0.4 is 11.1 Å². The van der Waals surface area contributed by atoms with Crippen molar-refractivity contribution in [2.45, 2.75) is 20.8 Å². The molecule has 1 aliphatic heterocycles. The van der Waals surface area contributed by atoms with Gasteiger partial charge in [0, 0.05) is 17.3 Å². The molecule has 0 fully saturated rings. The summed E-state index contributed by atoms with van der Waals surface area (Å²) in [5.41, 5.74) is 10.1. The summed E-state index contributed by atoms with van der Waals surface area (Å²) in [4.78, 5) is 26.1. The predicted molar refractivity (Wildman–Crippen MR) is 119 cm³/mol. The Bertz CT molecular complexity index is 1490. The van der Waals surface area contributed by atoms with Crippen LogP contribution in [0.1, 0.15) is 38.6 Å². The van der Waals surface area contributed by atoms with Crippen molar-refractivity contribution in [3.05, 3.63) is 70.2 Å². The van der Waals surface area contributed by atoms with Crippen LogP contribution in [0.4, 0.5) is 10.2 Å². The van der Waals surface area contributed by atoms with Gasteiger partial charge in [0.05, 0.1) is 34.2 Å². The highest BCUT2D eigenvalue weighted by Gasteiger charge is 2.30. The van der Waals surface area contributed by atoms with E-state index in [4.69, 9.17) is 5.73 Å². The number of nitrogens with two attached hydrogens (primary N) is 1. The van der Waals surface area contributed by atoms with Crippen molar-refractivity contribution in [2.75, 3.05) is 5.73 Å². The van der Waals surface area contributed by atoms with Gasteiger partial charge < -0.3 is 16.2 Å². The Hall–Kier alpha value is -4.27. The molecule has 4 aromatic rings. The van der Waals surface area contributed by atoms with Gasteiger partial charge in [-0.25, -0.2) is 14.4 Å². The molecule has 1 amide bonds. The van der Waals surface area contributed by atoms with E-state index in [2.05, 4.69) is 20.3 Å². The van der Waals surface area contributed by atoms with Crippen LogP contribution in [0.2, 0.25) is 0 Å². The molecule has 0 saturated carbocycles. The van der Waals surface area contributed by atoms with Crippen molar-refractivity contribution in [1.82, 2.24) is 24.8 Å². The molecule has 0 bridgehead atoms. The molecule has 160 valence electrons. The van der Waals surface area contributed by atoms with Gasteiger partial charge in [0.25, 0.3) is 5.91 Å². The number of phenols is 1. The normalized spacial score (nSPS) is 13.1. The van der Waals surface area contributed by atoms with Crippen molar-refractivity contribution >= 4 is 34.5 Å². The van der Waals surface area contributed by atoms with E-state index in [0.29, 0.717) is 33.8 Å². The molecule has 8 nitrogen and oxygen atoms in total. The van der Waals surface area contributed by atoms with Crippen LogP contribution in [0.15, 0.2) is 30.6 Å². The number of benzene rings is 1. The number of amides is 1. The fourth-order valence-electron chi connectivity index (χ4n) is 4.16. The van der Waals surface area contributed by atoms with Crippen LogP contribution in [-0.2, 0) is 0 Å². The highest BCUT2D eigenvalue weighted by molar-refractivity contribution is 6.18. The third-order valence-electron chi connectivity index (χ3n) is 5.64. The lowest BCUT2D eigenvalue weighted by Crippen LogP contribution is -2.22. The molecular formula is C23H19FN6O2. The van der Waals surface area contributed by atoms with Gasteiger partial charge in [-0.15, -0.1) is 0 Å². The Kier molecular flexibility index (Phi) is 4.23. The summed E-state index contributed by atoms with van der Waals surface area (Å²) in [7, 11) is 0. The van der Waals surface area contributed by atoms with Crippen LogP contribution in [0.3, 0.4) is 0 Å². The summed E-state index contributed by atoms with van der Waals surface area (Å²) in [6.07, 6.45) is 4.13. The first-order valence-corrected chi connectivity index (χ1v) is 9.89. The summed E-state index contributed by atoms with van der Waals surface area (Å²) >= 11 is 0. The van der Waals surface area contributed by atoms with Crippen LogP contribution in [-0.4, -0.2) is 30.5 Å². The van der Waals surface area contributed by atoms with E-state index in [1.807, 2.05) is 6.92 Å². The number of hydrogen-bond acceptors (Lipinski definition) is 6. The highest BCUT2D eigenvalue weighted by atomic mass is 19.1. The SMILES string of the molecule is Cc1nc2c3c(c(N)n(-c4c(C)ccc(O)c4C)c3n1)C(=O)NC(c1ccncc1F)=C2. The zero-order chi connectivity index (χ0) is 22.7. The van der Waals surface area contributed by atoms with Gasteiger partial charge in [0.1, 0.15) is 17.4 Å². The van der Waals surface area contributed by atoms with Crippen LogP contribution in [0.5, 0.6) is 5.75 Å². The average molecular weight is 430 g/mol. The van der Waals surface area contributed by atoms with Gasteiger partial charge in [-0.1, -0.05) is 6.07 Å². The Morgan fingerprint density at radius 3 is 2.69 bits per heavy atom. The van der Waals surface area contributed by atoms with Crippen LogP contribution >= 0.6 is 0 Å². The minimum absolute atomic E-state index is 0.103. The number of carbonyl (C=O) groups excluding carboxylic acids is 1. The maximum atomic E-state index is 14.4. The lowest BCUT2D eigenvalue weighted by molar-refractivity contribution is 0.0976. The van der Waals surface area contributed by atoms with Gasteiger partial charge in [-0.3, -0.25) is 14.3 Å². The van der Waals surface area contributed by atoms with E-state index in [0.717, 1.165) is 11.8 Å². The molecule has 0 unspecified atom stereocenters. The van der Waals surface area contributed by atoms with Crippen molar-refractivity contribution in [1.29, 1.82) is 0 Å². The minimum Gasteiger partial charge on any atom is -0.508 e. The van der Waals surface area contributed by atoms with Crippen molar-refractivity contribution < 1.29 is 14.3 Å². The fraction of sp³-hybridized carbons (Fsp3) is 0.130. The lowest BCUT2D eigenvalue weighted by atomic mass is 10.1. The third kappa shape index (κ3) is 2.74. The first kappa shape index (κ1) is 19.7. The number of halogens is 1. The van der Waals surface area contributed by atoms with Crippen molar-refractivity contribution in [3.63, 3.8) is 0 Å². The maximum Gasteiger partial charge on any atom is 0.260 e. The van der Waals surface area contributed by atoms with Crippen molar-refractivity contribution in [2.24, 2.45) is 0 Å². The number of nitrogen functional groups attached to an aromatic ring is 1. The molecule has 3 aromatic heterocycles. The smallest absolute Gasteiger partial charge is 0.260 e. The second kappa shape index (κ2) is 6.88. The number of rotatable bonds is 2. The number of pyridine rings is 1. The predicted octanol–water partition coefficient (Wildman–Crippen LogP) is 3.41. The van der Waals surface area contributed by atoms with E-state index in [9.17, 15) is 14.3 Å². The number of aryl methyl sites for hydroxylation is 2. The summed E-state index contributed by atoms with van der Waals surface area (Å²) in [6, 6.07) is 4.86. The Morgan fingerprint density at radius 1 is 1.16 bits per heavy atom. The van der Waals surface area contributed by atoms with Gasteiger partial charge in [0.2, 0.25) is 0 Å². The molecular weight excluding hydrogens is 411 g/mol. The number of aromatic hydroxyl groups is 1. The average Bonchev–Trinajstić information content (AvgIpc) is 2.93. The first-order chi connectivity index (χ1) is 15.3. The molecule has 0 radical (unpaired) electrons. The van der Waals surface area contributed by atoms with Crippen LogP contribution in [0.25, 0.3) is 28.5 Å². The quantitative estimate of drug-likeness (QED) is 0.448. The Morgan fingerprint density at radius 2 is 1.94 bits per heavy atom. The molecule has 1 aromatic carbocycles. The van der Waals surface area contributed by atoms with Crippen molar-refractivity contribution in [3.8, 4) is 11.4 Å². The fourth-order valence-corrected chi connectivity index (χ4v) is 4.16. The summed E-state index contributed by atoms with van der Waals surface area (Å²) < 4.78 is 16.1. The third-order valence-corrected chi connectivity index (χ3v) is 5.64. The minimum atomic E-state index is -0.573. The standard InChI is InChI=1S/C23H19FN6O2/c1-10-4-5-17(31)11(2)20(10)30-21(25)19-18-16(27-12(3)28-22(18)30)8-15(29-23(19)32)13-6-7-26-9-14(13)24/h4-9,31H,25H2,1-3H3,(H,29,32). The topological polar surface area (TPSA) is 119 Å². The molecule has 0 atom stereocenters. The molecule has 9 heteroatoms. The molecule has 0 saturated heterocycles. The monoisotopic (exact) mass is 430 g/mol. The van der Waals surface area contributed by atoms with Gasteiger partial charge in [-0.05, 0) is 44.5 Å². The maximum absolute atomic E-state index is 14.4. The van der Waals surface area contributed by atoms with E-state index >= 15 is 0 Å². The molecule has 0 spiro atoms. The van der Waals surface area contributed by atoms with Gasteiger partial charge in [0.15, 0.2) is 11.5 Å². The molecule has 4 heterocycles. The van der Waals surface area contributed by atoms with Crippen LogP contribution in [0, 0.1) is 26.6 Å². The summed E-state index contributed by atoms with van der Waals surface area (Å²) in [6.45, 7) is 5.39. The lowest BCUT2D eigenvalue weighted by Gasteiger charge is -2.16. The zero-order valence-corrected chi connectivity index (χ0v) is 17.6. The summed E-state index contributed by atoms with van der Waals surface area (Å²) in [5.74, 6) is -0.368. The number of hydrogen-bond donors (Lipinski definition) is 3. The zero-order valence-electron chi connectivity index (χ0n) is 17.6. The molecule has 0 aliphatic carbocycles. The largest absolute Gasteiger partial charge is 0.508 e. The second-order valence-corrected chi connectivity index (χ2v) is 7.69. The van der Waals surface area contributed by atoms with Gasteiger partial charge >= 0.3 is 0 Å². The Balaban J connectivity index is 1.89. The van der Waals surface area contributed by atoms with E-state index < -0.39 is 11.7 Å². The van der Waals surface area contributed by atoms with E-state index in [-0.39, 0.29) is 28.4 Å². The highest BCUT2D eigenvalue weighted by Crippen LogP contribution is 2.38. The molecule has 1 aliphatic rings. The number of aromatic nitrogens is 4. The number of phenolic OH excluding ortho intramolecular Hbond substituents is 1. The second-order valence-electron chi connectivity index (χ2n) is 7.69. The van der Waals surface area contributed by atoms with E-state index in [1.54, 1.807) is 36.6 Å². The number of anilines is 1. The molecule has 5 rings (SSSR count). The summed E-state index contributed by atoms with van der Waals surface area (Å²) in [5, 5.41) is 13.5. The van der Waals surface area contributed by atoms with Gasteiger partial charge in [-0.2, -0.15) is 0 Å². The number of nitrogens with zero attached hydrogens (tertiary/aromatic N) is 4. The molecule has 4 N–H and O–H groups in total. The molecule has 32 heavy (non-hydrogen) atoms. The number of carbonyl (C=O) groups is 1.